The molecule has 0 amide bonds. The van der Waals surface area contributed by atoms with Crippen molar-refractivity contribution in [3.63, 3.8) is 0 Å². The molecule has 3 aromatic rings. The topological polar surface area (TPSA) is 42.6 Å². The molecule has 19 heavy (non-hydrogen) atoms. The third kappa shape index (κ3) is 2.27. The normalized spacial score (nSPS) is 10.8. The van der Waals surface area contributed by atoms with Crippen molar-refractivity contribution in [1.29, 1.82) is 0 Å². The molecule has 0 fully saturated rings. The SMILES string of the molecule is Cc1ccc2occ(COc3ccccc3O)c2c1. The summed E-state index contributed by atoms with van der Waals surface area (Å²) in [5.74, 6) is 0.621. The largest absolute Gasteiger partial charge is 0.504 e. The van der Waals surface area contributed by atoms with Gasteiger partial charge in [-0.2, -0.15) is 0 Å². The van der Waals surface area contributed by atoms with Crippen LogP contribution in [-0.4, -0.2) is 5.11 Å². The number of phenols is 1. The summed E-state index contributed by atoms with van der Waals surface area (Å²) in [7, 11) is 0. The Kier molecular flexibility index (Phi) is 2.88. The number of fused-ring (bicyclic) bond motifs is 1. The van der Waals surface area contributed by atoms with Crippen LogP contribution in [0.5, 0.6) is 11.5 Å². The lowest BCUT2D eigenvalue weighted by Crippen LogP contribution is -1.94. The summed E-state index contributed by atoms with van der Waals surface area (Å²) >= 11 is 0. The van der Waals surface area contributed by atoms with Crippen LogP contribution in [0.15, 0.2) is 53.1 Å². The van der Waals surface area contributed by atoms with Gasteiger partial charge in [0.15, 0.2) is 11.5 Å². The van der Waals surface area contributed by atoms with Gasteiger partial charge in [-0.25, -0.2) is 0 Å². The van der Waals surface area contributed by atoms with Crippen LogP contribution >= 0.6 is 0 Å². The predicted octanol–water partition coefficient (Wildman–Crippen LogP) is 4.03. The molecule has 0 spiro atoms. The highest BCUT2D eigenvalue weighted by atomic mass is 16.5. The summed E-state index contributed by atoms with van der Waals surface area (Å²) in [6.07, 6.45) is 1.70. The van der Waals surface area contributed by atoms with E-state index in [4.69, 9.17) is 9.15 Å². The Hall–Kier alpha value is -2.42. The van der Waals surface area contributed by atoms with Crippen LogP contribution in [0.1, 0.15) is 11.1 Å². The van der Waals surface area contributed by atoms with E-state index in [9.17, 15) is 5.11 Å². The van der Waals surface area contributed by atoms with Crippen LogP contribution in [-0.2, 0) is 6.61 Å². The maximum absolute atomic E-state index is 9.65. The highest BCUT2D eigenvalue weighted by Gasteiger charge is 2.08. The molecule has 3 rings (SSSR count). The number of aromatic hydroxyl groups is 1. The minimum Gasteiger partial charge on any atom is -0.504 e. The molecule has 0 aliphatic heterocycles. The van der Waals surface area contributed by atoms with Crippen molar-refractivity contribution in [2.24, 2.45) is 0 Å². The van der Waals surface area contributed by atoms with E-state index >= 15 is 0 Å². The Morgan fingerprint density at radius 3 is 2.84 bits per heavy atom. The van der Waals surface area contributed by atoms with Crippen molar-refractivity contribution < 1.29 is 14.3 Å². The average Bonchev–Trinajstić information content (AvgIpc) is 2.80. The molecule has 2 aromatic carbocycles. The lowest BCUT2D eigenvalue weighted by molar-refractivity contribution is 0.289. The summed E-state index contributed by atoms with van der Waals surface area (Å²) in [5, 5.41) is 10.7. The first kappa shape index (κ1) is 11.7. The van der Waals surface area contributed by atoms with E-state index in [-0.39, 0.29) is 5.75 Å². The Morgan fingerprint density at radius 2 is 2.00 bits per heavy atom. The van der Waals surface area contributed by atoms with E-state index in [1.165, 1.54) is 5.56 Å². The Bertz CT molecular complexity index is 713. The fourth-order valence-electron chi connectivity index (χ4n) is 2.04. The van der Waals surface area contributed by atoms with E-state index < -0.39 is 0 Å². The van der Waals surface area contributed by atoms with Crippen LogP contribution in [0.4, 0.5) is 0 Å². The maximum atomic E-state index is 9.65. The Balaban J connectivity index is 1.86. The first-order valence-electron chi connectivity index (χ1n) is 6.11. The van der Waals surface area contributed by atoms with E-state index in [0.29, 0.717) is 12.4 Å². The van der Waals surface area contributed by atoms with Gasteiger partial charge in [-0.15, -0.1) is 0 Å². The molecule has 0 aliphatic carbocycles. The summed E-state index contributed by atoms with van der Waals surface area (Å²) in [6.45, 7) is 2.41. The van der Waals surface area contributed by atoms with Crippen molar-refractivity contribution in [2.75, 3.05) is 0 Å². The van der Waals surface area contributed by atoms with Gasteiger partial charge in [0.05, 0.1) is 6.26 Å². The van der Waals surface area contributed by atoms with Crippen molar-refractivity contribution in [3.8, 4) is 11.5 Å². The number of phenolic OH excluding ortho intramolecular Hbond substituents is 1. The zero-order chi connectivity index (χ0) is 13.2. The molecule has 0 bridgehead atoms. The molecule has 3 nitrogen and oxygen atoms in total. The standard InChI is InChI=1S/C16H14O3/c1-11-6-7-15-13(8-11)12(9-18-15)10-19-16-5-3-2-4-14(16)17/h2-9,17H,10H2,1H3. The van der Waals surface area contributed by atoms with Gasteiger partial charge in [0.1, 0.15) is 12.2 Å². The summed E-state index contributed by atoms with van der Waals surface area (Å²) < 4.78 is 11.1. The highest BCUT2D eigenvalue weighted by Crippen LogP contribution is 2.28. The van der Waals surface area contributed by atoms with Gasteiger partial charge in [0, 0.05) is 10.9 Å². The van der Waals surface area contributed by atoms with E-state index in [0.717, 1.165) is 16.5 Å². The number of ether oxygens (including phenoxy) is 1. The number of hydrogen-bond acceptors (Lipinski definition) is 3. The van der Waals surface area contributed by atoms with Crippen molar-refractivity contribution in [1.82, 2.24) is 0 Å². The van der Waals surface area contributed by atoms with Crippen molar-refractivity contribution in [3.05, 3.63) is 59.9 Å². The number of benzene rings is 2. The second-order valence-corrected chi connectivity index (χ2v) is 4.52. The number of rotatable bonds is 3. The maximum Gasteiger partial charge on any atom is 0.161 e. The fraction of sp³-hybridized carbons (Fsp3) is 0.125. The van der Waals surface area contributed by atoms with Crippen LogP contribution < -0.4 is 4.74 Å². The third-order valence-corrected chi connectivity index (χ3v) is 3.06. The molecule has 1 heterocycles. The molecule has 96 valence electrons. The summed E-state index contributed by atoms with van der Waals surface area (Å²) in [4.78, 5) is 0. The fourth-order valence-corrected chi connectivity index (χ4v) is 2.04. The van der Waals surface area contributed by atoms with E-state index in [1.54, 1.807) is 24.5 Å². The average molecular weight is 254 g/mol. The third-order valence-electron chi connectivity index (χ3n) is 3.06. The second kappa shape index (κ2) is 4.69. The molecule has 0 atom stereocenters. The van der Waals surface area contributed by atoms with Gasteiger partial charge in [-0.1, -0.05) is 23.8 Å². The molecular weight excluding hydrogens is 240 g/mol. The van der Waals surface area contributed by atoms with Gasteiger partial charge in [-0.3, -0.25) is 0 Å². The van der Waals surface area contributed by atoms with Crippen LogP contribution in [0.3, 0.4) is 0 Å². The minimum absolute atomic E-state index is 0.145. The smallest absolute Gasteiger partial charge is 0.161 e. The van der Waals surface area contributed by atoms with E-state index in [1.807, 2.05) is 25.1 Å². The van der Waals surface area contributed by atoms with Gasteiger partial charge in [0.25, 0.3) is 0 Å². The lowest BCUT2D eigenvalue weighted by atomic mass is 10.1. The van der Waals surface area contributed by atoms with Crippen LogP contribution in [0.25, 0.3) is 11.0 Å². The van der Waals surface area contributed by atoms with Gasteiger partial charge < -0.3 is 14.3 Å². The molecule has 3 heteroatoms. The molecule has 0 unspecified atom stereocenters. The first-order chi connectivity index (χ1) is 9.24. The van der Waals surface area contributed by atoms with Gasteiger partial charge in [-0.05, 0) is 31.2 Å². The number of furan rings is 1. The molecule has 1 N–H and O–H groups in total. The highest BCUT2D eigenvalue weighted by molar-refractivity contribution is 5.81. The molecule has 0 aliphatic rings. The van der Waals surface area contributed by atoms with Crippen LogP contribution in [0.2, 0.25) is 0 Å². The summed E-state index contributed by atoms with van der Waals surface area (Å²) in [6, 6.07) is 13.0. The molecule has 1 aromatic heterocycles. The number of para-hydroxylation sites is 2. The predicted molar refractivity (Wildman–Crippen MR) is 73.4 cm³/mol. The molecule has 0 radical (unpaired) electrons. The lowest BCUT2D eigenvalue weighted by Gasteiger charge is -2.06. The summed E-state index contributed by atoms with van der Waals surface area (Å²) in [5.41, 5.74) is 3.00. The number of aryl methyl sites for hydroxylation is 1. The Labute approximate surface area is 111 Å². The Morgan fingerprint density at radius 1 is 1.16 bits per heavy atom. The van der Waals surface area contributed by atoms with E-state index in [2.05, 4.69) is 6.07 Å². The monoisotopic (exact) mass is 254 g/mol. The van der Waals surface area contributed by atoms with Crippen molar-refractivity contribution in [2.45, 2.75) is 13.5 Å². The van der Waals surface area contributed by atoms with Crippen LogP contribution in [0, 0.1) is 6.92 Å². The zero-order valence-corrected chi connectivity index (χ0v) is 10.6. The first-order valence-corrected chi connectivity index (χ1v) is 6.11. The second-order valence-electron chi connectivity index (χ2n) is 4.52. The molecular formula is C16H14O3. The number of hydrogen-bond donors (Lipinski definition) is 1. The molecule has 0 saturated carbocycles. The molecule has 0 saturated heterocycles. The van der Waals surface area contributed by atoms with Gasteiger partial charge >= 0.3 is 0 Å². The minimum atomic E-state index is 0.145. The van der Waals surface area contributed by atoms with Gasteiger partial charge in [0.2, 0.25) is 0 Å². The zero-order valence-electron chi connectivity index (χ0n) is 10.6. The van der Waals surface area contributed by atoms with Crippen molar-refractivity contribution >= 4 is 11.0 Å². The quantitative estimate of drug-likeness (QED) is 0.767.